The van der Waals surface area contributed by atoms with Crippen LogP contribution in [0.25, 0.3) is 0 Å². The van der Waals surface area contributed by atoms with E-state index >= 15 is 0 Å². The van der Waals surface area contributed by atoms with E-state index in [4.69, 9.17) is 37.9 Å². The van der Waals surface area contributed by atoms with Gasteiger partial charge in [0, 0.05) is 91.4 Å². The molecule has 0 radical (unpaired) electrons. The fourth-order valence-corrected chi connectivity index (χ4v) is 16.1. The molecule has 4 fully saturated rings. The van der Waals surface area contributed by atoms with E-state index in [9.17, 15) is 158 Å². The Labute approximate surface area is 803 Å². The highest BCUT2D eigenvalue weighted by Crippen LogP contribution is 2.59. The van der Waals surface area contributed by atoms with Crippen LogP contribution < -0.4 is 0 Å². The van der Waals surface area contributed by atoms with Crippen molar-refractivity contribution in [2.75, 3.05) is 52.9 Å². The van der Waals surface area contributed by atoms with E-state index in [0.717, 1.165) is 316 Å². The van der Waals surface area contributed by atoms with Crippen LogP contribution in [0.3, 0.4) is 0 Å². The van der Waals surface area contributed by atoms with Gasteiger partial charge in [0.05, 0.1) is 0 Å². The minimum absolute atomic E-state index is 0.0136. The van der Waals surface area contributed by atoms with Crippen LogP contribution in [0.5, 0.6) is 0 Å². The number of ether oxygens (including phenoxy) is 8. The van der Waals surface area contributed by atoms with Gasteiger partial charge in [-0.1, -0.05) is 295 Å². The summed E-state index contributed by atoms with van der Waals surface area (Å²) in [7, 11) is 0. The highest BCUT2D eigenvalue weighted by atomic mass is 19.5. The molecule has 0 aromatic carbocycles. The molecule has 140 heavy (non-hydrogen) atoms. The molecule has 4 rings (SSSR count). The average Bonchev–Trinajstić information content (AvgIpc) is 1.30. The molecule has 44 heteroatoms. The first kappa shape index (κ1) is 135. The predicted molar refractivity (Wildman–Crippen MR) is 460 cm³/mol. The van der Waals surface area contributed by atoms with Gasteiger partial charge in [0.2, 0.25) is 0 Å². The maximum absolute atomic E-state index is 13.4. The molecule has 0 bridgehead atoms. The monoisotopic (exact) mass is 2120 g/mol. The summed E-state index contributed by atoms with van der Waals surface area (Å²) in [6.07, 6.45) is 19.6. The van der Waals surface area contributed by atoms with Crippen molar-refractivity contribution < 1.29 is 196 Å². The summed E-state index contributed by atoms with van der Waals surface area (Å²) < 4.78 is 505. The molecule has 0 aromatic heterocycles. The van der Waals surface area contributed by atoms with Gasteiger partial charge in [-0.25, -0.2) is 0 Å². The van der Waals surface area contributed by atoms with Gasteiger partial charge in [-0.05, 0) is 103 Å². The standard InChI is InChI=1S/C25H41F9O2.2C24H39F9O2.C23H37F9O2/c26-22(27,23(28,29)24(30,31)25(32,33)34)18-14-11-9-7-5-3-1-2-4-6-8-10-12-15-19-35-21-17-13-16-20-36-21;25-21(26,22(27,28)23(29,30)24(31,32)33)17-13-10-8-6-4-2-1-3-5-7-9-11-14-18-34-20-16-12-15-19-35-20;25-21(26,22(27,28)23(29,30)24(31,32)33)17-13-11-9-7-5-3-1-2-4-6-8-10-12-14-18-34-20-16-15-19-35-20;24-20(25,21(26,27)22(28,29)23(30,31)32)16-12-10-8-6-4-2-1-3-5-7-9-11-13-17-33-19-15-14-18-34-19/h21H,1-20H2;2*20H,1-19H2;19H,1-18H2. The van der Waals surface area contributed by atoms with Crippen molar-refractivity contribution in [1.29, 1.82) is 0 Å². The SMILES string of the molecule is FC(F)(F)C(F)(F)C(F)(F)C(F)(F)CCCCCCCCCCCCCCCCOC1CCCCO1.FC(F)(F)C(F)(F)C(F)(F)C(F)(F)CCCCCCCCCCCCCCCCOC1CCCO1.FC(F)(F)C(F)(F)C(F)(F)C(F)(F)CCCCCCCCCCCCCCCOC1CCCCO1.FC(F)(F)C(F)(F)C(F)(F)C(F)(F)CCCCCCCCCCCCCCCOC1CCCO1. The van der Waals surface area contributed by atoms with Gasteiger partial charge in [-0.2, -0.15) is 158 Å². The summed E-state index contributed by atoms with van der Waals surface area (Å²) in [5, 5.41) is 0. The molecular weight excluding hydrogens is 1960 g/mol. The quantitative estimate of drug-likeness (QED) is 0.0441. The number of hydrogen-bond acceptors (Lipinski definition) is 8. The van der Waals surface area contributed by atoms with Gasteiger partial charge in [-0.3, -0.25) is 0 Å². The third kappa shape index (κ3) is 51.6. The molecule has 8 nitrogen and oxygen atoms in total. The number of alkyl halides is 36. The first-order valence-corrected chi connectivity index (χ1v) is 51.0. The highest BCUT2D eigenvalue weighted by molar-refractivity contribution is 5.03. The molecule has 4 aliphatic heterocycles. The van der Waals surface area contributed by atoms with Gasteiger partial charge < -0.3 is 37.9 Å². The van der Waals surface area contributed by atoms with Crippen molar-refractivity contribution in [1.82, 2.24) is 0 Å². The maximum Gasteiger partial charge on any atom is 0.460 e. The van der Waals surface area contributed by atoms with Crippen molar-refractivity contribution in [3.8, 4) is 0 Å². The van der Waals surface area contributed by atoms with Crippen molar-refractivity contribution in [3.63, 3.8) is 0 Å². The van der Waals surface area contributed by atoms with E-state index in [1.165, 1.54) is 44.9 Å². The summed E-state index contributed by atoms with van der Waals surface area (Å²) in [5.41, 5.74) is 0. The molecule has 4 atom stereocenters. The lowest BCUT2D eigenvalue weighted by Gasteiger charge is -2.33. The van der Waals surface area contributed by atoms with Crippen molar-refractivity contribution in [2.45, 2.75) is 558 Å². The number of hydrogen-bond donors (Lipinski definition) is 0. The highest BCUT2D eigenvalue weighted by Gasteiger charge is 2.84. The maximum atomic E-state index is 13.4. The second-order valence-corrected chi connectivity index (χ2v) is 37.5. The number of halogens is 36. The van der Waals surface area contributed by atoms with E-state index in [1.807, 2.05) is 0 Å². The lowest BCUT2D eigenvalue weighted by molar-refractivity contribution is -0.396. The van der Waals surface area contributed by atoms with E-state index in [2.05, 4.69) is 0 Å². The minimum atomic E-state index is -6.79. The first-order valence-electron chi connectivity index (χ1n) is 51.0. The van der Waals surface area contributed by atoms with Crippen LogP contribution in [0.2, 0.25) is 0 Å². The third-order valence-electron chi connectivity index (χ3n) is 25.1. The third-order valence-corrected chi connectivity index (χ3v) is 25.1. The molecule has 840 valence electrons. The van der Waals surface area contributed by atoms with Gasteiger partial charge in [-0.15, -0.1) is 0 Å². The second-order valence-electron chi connectivity index (χ2n) is 37.5. The molecule has 0 spiro atoms. The van der Waals surface area contributed by atoms with Crippen LogP contribution in [0.15, 0.2) is 0 Å². The summed E-state index contributed by atoms with van der Waals surface area (Å²) in [6.45, 7) is 6.08. The zero-order valence-electron chi connectivity index (χ0n) is 80.9. The van der Waals surface area contributed by atoms with Gasteiger partial charge >= 0.3 is 95.8 Å². The lowest BCUT2D eigenvalue weighted by atomic mass is 9.97. The van der Waals surface area contributed by atoms with Crippen LogP contribution in [-0.4, -0.2) is 174 Å². The molecular formula is C96H156F36O8. The fraction of sp³-hybridized carbons (Fsp3) is 1.00. The fourth-order valence-electron chi connectivity index (χ4n) is 16.1. The Kier molecular flexibility index (Phi) is 67.1. The minimum Gasteiger partial charge on any atom is -0.353 e. The van der Waals surface area contributed by atoms with Crippen LogP contribution in [0.4, 0.5) is 158 Å². The van der Waals surface area contributed by atoms with E-state index in [0.29, 0.717) is 51.4 Å². The molecule has 4 aliphatic rings. The van der Waals surface area contributed by atoms with E-state index in [1.54, 1.807) is 0 Å². The molecule has 4 unspecified atom stereocenters. The Morgan fingerprint density at radius 1 is 0.143 bits per heavy atom. The Balaban J connectivity index is 0.000000934. The molecule has 0 aromatic rings. The molecule has 0 N–H and O–H groups in total. The second kappa shape index (κ2) is 69.5. The first-order chi connectivity index (χ1) is 65.3. The predicted octanol–water partition coefficient (Wildman–Crippen LogP) is 37.8. The Morgan fingerprint density at radius 2 is 0.264 bits per heavy atom. The molecule has 0 saturated carbocycles. The summed E-state index contributed by atoms with van der Waals surface area (Å²) in [5.74, 6) is -74.9. The zero-order valence-corrected chi connectivity index (χ0v) is 80.9. The molecule has 0 aliphatic carbocycles. The van der Waals surface area contributed by atoms with Crippen LogP contribution in [0.1, 0.15) is 437 Å². The molecule has 4 saturated heterocycles. The summed E-state index contributed by atoms with van der Waals surface area (Å²) >= 11 is 0. The zero-order chi connectivity index (χ0) is 106. The van der Waals surface area contributed by atoms with Crippen LogP contribution in [-0.2, 0) is 37.9 Å². The lowest BCUT2D eigenvalue weighted by Crippen LogP contribution is -2.60. The Bertz CT molecular complexity index is 2960. The smallest absolute Gasteiger partial charge is 0.353 e. The van der Waals surface area contributed by atoms with Crippen molar-refractivity contribution in [3.05, 3.63) is 0 Å². The average molecular weight is 2120 g/mol. The van der Waals surface area contributed by atoms with E-state index in [-0.39, 0.29) is 50.8 Å². The van der Waals surface area contributed by atoms with Gasteiger partial charge in [0.1, 0.15) is 0 Å². The van der Waals surface area contributed by atoms with Crippen LogP contribution >= 0.6 is 0 Å². The van der Waals surface area contributed by atoms with E-state index < -0.39 is 147 Å². The molecule has 4 heterocycles. The number of unbranched alkanes of at least 4 members (excludes halogenated alkanes) is 50. The normalized spacial score (nSPS) is 18.1. The van der Waals surface area contributed by atoms with Gasteiger partial charge in [0.25, 0.3) is 0 Å². The van der Waals surface area contributed by atoms with Crippen molar-refractivity contribution >= 4 is 0 Å². The topological polar surface area (TPSA) is 73.8 Å². The van der Waals surface area contributed by atoms with Crippen LogP contribution in [0, 0.1) is 0 Å². The summed E-state index contributed by atoms with van der Waals surface area (Å²) in [6, 6.07) is 0. The van der Waals surface area contributed by atoms with Crippen molar-refractivity contribution in [2.24, 2.45) is 0 Å². The number of rotatable bonds is 78. The molecule has 0 amide bonds. The van der Waals surface area contributed by atoms with Gasteiger partial charge in [0.15, 0.2) is 25.2 Å². The Morgan fingerprint density at radius 3 is 0.379 bits per heavy atom. The summed E-state index contributed by atoms with van der Waals surface area (Å²) in [4.78, 5) is 0. The Hall–Kier alpha value is -2.84. The largest absolute Gasteiger partial charge is 0.460 e.